The van der Waals surface area contributed by atoms with Crippen molar-refractivity contribution in [1.82, 2.24) is 15.4 Å². The van der Waals surface area contributed by atoms with Crippen LogP contribution in [0.15, 0.2) is 51.6 Å². The highest BCUT2D eigenvalue weighted by molar-refractivity contribution is 5.95. The summed E-state index contributed by atoms with van der Waals surface area (Å²) in [5.41, 5.74) is 1.85. The molecule has 7 nitrogen and oxygen atoms in total. The second-order valence-corrected chi connectivity index (χ2v) is 9.62. The summed E-state index contributed by atoms with van der Waals surface area (Å²) in [6.45, 7) is 7.30. The molecule has 2 aromatic heterocycles. The van der Waals surface area contributed by atoms with Crippen LogP contribution >= 0.6 is 0 Å². The molecular weight excluding hydrogens is 430 g/mol. The van der Waals surface area contributed by atoms with Gasteiger partial charge in [0.25, 0.3) is 5.91 Å². The van der Waals surface area contributed by atoms with Gasteiger partial charge in [0.15, 0.2) is 11.5 Å². The SMILES string of the molecule is C[C@H]1[C@H](C)CCC[C@H]1N(CCCNC(=O)c1noc2c1COc1ccccc1-2)Cc1ccco1. The highest BCUT2D eigenvalue weighted by atomic mass is 16.5. The monoisotopic (exact) mass is 463 g/mol. The van der Waals surface area contributed by atoms with Crippen LogP contribution in [0.5, 0.6) is 5.75 Å². The number of ether oxygens (including phenoxy) is 1. The van der Waals surface area contributed by atoms with Gasteiger partial charge >= 0.3 is 0 Å². The Morgan fingerprint density at radius 2 is 2.06 bits per heavy atom. The summed E-state index contributed by atoms with van der Waals surface area (Å²) in [6, 6.07) is 12.2. The van der Waals surface area contributed by atoms with Crippen molar-refractivity contribution in [2.24, 2.45) is 11.8 Å². The van der Waals surface area contributed by atoms with Crippen LogP contribution in [0.4, 0.5) is 0 Å². The third-order valence-electron chi connectivity index (χ3n) is 7.49. The number of carbonyl (C=O) groups is 1. The van der Waals surface area contributed by atoms with Gasteiger partial charge in [-0.2, -0.15) is 0 Å². The number of nitrogens with one attached hydrogen (secondary N) is 1. The van der Waals surface area contributed by atoms with E-state index >= 15 is 0 Å². The molecule has 1 aliphatic heterocycles. The molecule has 1 aromatic carbocycles. The minimum Gasteiger partial charge on any atom is -0.488 e. The molecule has 1 N–H and O–H groups in total. The van der Waals surface area contributed by atoms with E-state index in [-0.39, 0.29) is 12.5 Å². The van der Waals surface area contributed by atoms with Crippen LogP contribution in [0.3, 0.4) is 0 Å². The predicted octanol–water partition coefficient (Wildman–Crippen LogP) is 5.27. The van der Waals surface area contributed by atoms with Gasteiger partial charge in [-0.05, 0) is 48.9 Å². The van der Waals surface area contributed by atoms with Crippen molar-refractivity contribution >= 4 is 5.91 Å². The second-order valence-electron chi connectivity index (χ2n) is 9.62. The minimum absolute atomic E-state index is 0.217. The van der Waals surface area contributed by atoms with Crippen molar-refractivity contribution < 1.29 is 18.5 Å². The van der Waals surface area contributed by atoms with Gasteiger partial charge in [-0.1, -0.05) is 44.0 Å². The van der Waals surface area contributed by atoms with E-state index in [0.717, 1.165) is 42.5 Å². The van der Waals surface area contributed by atoms with Crippen LogP contribution in [-0.4, -0.2) is 35.1 Å². The van der Waals surface area contributed by atoms with Crippen molar-refractivity contribution in [1.29, 1.82) is 0 Å². The molecule has 3 atom stereocenters. The zero-order valence-corrected chi connectivity index (χ0v) is 20.0. The molecule has 7 heteroatoms. The van der Waals surface area contributed by atoms with Gasteiger partial charge in [-0.25, -0.2) is 0 Å². The molecule has 1 amide bonds. The lowest BCUT2D eigenvalue weighted by Gasteiger charge is -2.41. The lowest BCUT2D eigenvalue weighted by atomic mass is 9.77. The Bertz CT molecular complexity index is 1110. The van der Waals surface area contributed by atoms with Crippen LogP contribution in [0.1, 0.15) is 61.3 Å². The summed E-state index contributed by atoms with van der Waals surface area (Å²) in [5, 5.41) is 7.09. The van der Waals surface area contributed by atoms with Gasteiger partial charge in [0, 0.05) is 19.1 Å². The quantitative estimate of drug-likeness (QED) is 0.458. The molecule has 3 heterocycles. The van der Waals surface area contributed by atoms with Crippen LogP contribution < -0.4 is 10.1 Å². The molecule has 1 saturated carbocycles. The fourth-order valence-electron chi connectivity index (χ4n) is 5.36. The third kappa shape index (κ3) is 4.62. The summed E-state index contributed by atoms with van der Waals surface area (Å²) in [5.74, 6) is 3.51. The van der Waals surface area contributed by atoms with Crippen molar-refractivity contribution in [2.75, 3.05) is 13.1 Å². The average molecular weight is 464 g/mol. The maximum Gasteiger partial charge on any atom is 0.273 e. The first-order chi connectivity index (χ1) is 16.6. The fourth-order valence-corrected chi connectivity index (χ4v) is 5.36. The number of fused-ring (bicyclic) bond motifs is 3. The average Bonchev–Trinajstić information content (AvgIpc) is 3.53. The van der Waals surface area contributed by atoms with Gasteiger partial charge in [-0.3, -0.25) is 9.69 Å². The number of benzene rings is 1. The molecule has 0 bridgehead atoms. The molecule has 0 saturated heterocycles. The fraction of sp³-hybridized carbons (Fsp3) is 0.481. The Morgan fingerprint density at radius 1 is 1.18 bits per heavy atom. The molecule has 1 aliphatic carbocycles. The molecule has 1 fully saturated rings. The zero-order valence-electron chi connectivity index (χ0n) is 20.0. The van der Waals surface area contributed by atoms with Crippen molar-refractivity contribution in [3.63, 3.8) is 0 Å². The number of para-hydroxylation sites is 1. The van der Waals surface area contributed by atoms with Gasteiger partial charge < -0.3 is 19.0 Å². The number of furan rings is 1. The molecule has 0 radical (unpaired) electrons. The minimum atomic E-state index is -0.217. The molecule has 0 unspecified atom stereocenters. The van der Waals surface area contributed by atoms with Crippen LogP contribution in [0.25, 0.3) is 11.3 Å². The maximum absolute atomic E-state index is 12.9. The van der Waals surface area contributed by atoms with E-state index in [0.29, 0.717) is 35.5 Å². The largest absolute Gasteiger partial charge is 0.488 e. The highest BCUT2D eigenvalue weighted by Gasteiger charge is 2.32. The van der Waals surface area contributed by atoms with E-state index in [9.17, 15) is 4.79 Å². The second kappa shape index (κ2) is 10.1. The maximum atomic E-state index is 12.9. The van der Waals surface area contributed by atoms with Gasteiger partial charge in [0.2, 0.25) is 0 Å². The summed E-state index contributed by atoms with van der Waals surface area (Å²) in [6.07, 6.45) is 6.37. The first-order valence-corrected chi connectivity index (χ1v) is 12.4. The number of hydrogen-bond acceptors (Lipinski definition) is 6. The Morgan fingerprint density at radius 3 is 2.91 bits per heavy atom. The topological polar surface area (TPSA) is 80.7 Å². The summed E-state index contributed by atoms with van der Waals surface area (Å²) >= 11 is 0. The smallest absolute Gasteiger partial charge is 0.273 e. The van der Waals surface area contributed by atoms with Crippen LogP contribution in [0, 0.1) is 11.8 Å². The van der Waals surface area contributed by atoms with Crippen LogP contribution in [-0.2, 0) is 13.2 Å². The van der Waals surface area contributed by atoms with E-state index in [4.69, 9.17) is 13.7 Å². The molecule has 0 spiro atoms. The molecule has 180 valence electrons. The Kier molecular flexibility index (Phi) is 6.72. The molecule has 2 aliphatic rings. The number of amides is 1. The molecule has 34 heavy (non-hydrogen) atoms. The van der Waals surface area contributed by atoms with E-state index in [1.54, 1.807) is 6.26 Å². The number of rotatable bonds is 8. The van der Waals surface area contributed by atoms with E-state index < -0.39 is 0 Å². The van der Waals surface area contributed by atoms with Gasteiger partial charge in [-0.15, -0.1) is 0 Å². The van der Waals surface area contributed by atoms with Gasteiger partial charge in [0.1, 0.15) is 18.1 Å². The van der Waals surface area contributed by atoms with Crippen molar-refractivity contribution in [2.45, 2.75) is 58.7 Å². The standard InChI is InChI=1S/C27H33N3O4/c1-18-8-5-11-23(19(18)2)30(16-20-9-6-15-32-20)14-7-13-28-27(31)25-22-17-33-24-12-4-3-10-21(24)26(22)34-29-25/h3-4,6,9-10,12,15,18-19,23H,5,7-8,11,13-14,16-17H2,1-2H3,(H,28,31)/t18-,19+,23-/m1/s1. The molecular formula is C27H33N3O4. The van der Waals surface area contributed by atoms with E-state index in [1.165, 1.54) is 19.3 Å². The Labute approximate surface area is 200 Å². The van der Waals surface area contributed by atoms with E-state index in [1.807, 2.05) is 36.4 Å². The van der Waals surface area contributed by atoms with Gasteiger partial charge in [0.05, 0.1) is 23.9 Å². The summed E-state index contributed by atoms with van der Waals surface area (Å²) in [4.78, 5) is 15.4. The molecule has 5 rings (SSSR count). The summed E-state index contributed by atoms with van der Waals surface area (Å²) in [7, 11) is 0. The number of carbonyl (C=O) groups excluding carboxylic acids is 1. The van der Waals surface area contributed by atoms with E-state index in [2.05, 4.69) is 29.2 Å². The normalized spacial score (nSPS) is 21.6. The highest BCUT2D eigenvalue weighted by Crippen LogP contribution is 2.38. The number of hydrogen-bond donors (Lipinski definition) is 1. The third-order valence-corrected chi connectivity index (χ3v) is 7.49. The number of nitrogens with zero attached hydrogens (tertiary/aromatic N) is 2. The lowest BCUT2D eigenvalue weighted by Crippen LogP contribution is -2.44. The first-order valence-electron chi connectivity index (χ1n) is 12.4. The Balaban J connectivity index is 1.19. The van der Waals surface area contributed by atoms with Crippen molar-refractivity contribution in [3.8, 4) is 17.1 Å². The van der Waals surface area contributed by atoms with Crippen LogP contribution in [0.2, 0.25) is 0 Å². The Hall–Kier alpha value is -3.06. The predicted molar refractivity (Wildman–Crippen MR) is 128 cm³/mol. The van der Waals surface area contributed by atoms with Crippen molar-refractivity contribution in [3.05, 3.63) is 59.7 Å². The molecule has 3 aromatic rings. The lowest BCUT2D eigenvalue weighted by molar-refractivity contribution is 0.0680. The number of aromatic nitrogens is 1. The first kappa shape index (κ1) is 22.7. The zero-order chi connectivity index (χ0) is 23.5. The summed E-state index contributed by atoms with van der Waals surface area (Å²) < 4.78 is 17.0.